The third kappa shape index (κ3) is 13.5. The van der Waals surface area contributed by atoms with E-state index in [1.54, 1.807) is 6.92 Å². The van der Waals surface area contributed by atoms with E-state index in [1.807, 2.05) is 6.92 Å². The Balaban J connectivity index is -0.00000220. The normalized spacial score (nSPS) is 10.3. The van der Waals surface area contributed by atoms with Gasteiger partial charge in [-0.3, -0.25) is 14.4 Å². The summed E-state index contributed by atoms with van der Waals surface area (Å²) < 4.78 is 15.2. The topological polar surface area (TPSA) is 103 Å². The van der Waals surface area contributed by atoms with Crippen molar-refractivity contribution in [2.45, 2.75) is 20.3 Å². The van der Waals surface area contributed by atoms with Gasteiger partial charge >= 0.3 is 0 Å². The Morgan fingerprint density at radius 1 is 0.864 bits per heavy atom. The number of amides is 2. The summed E-state index contributed by atoms with van der Waals surface area (Å²) >= 11 is 0. The summed E-state index contributed by atoms with van der Waals surface area (Å²) in [5.74, 6) is -0.674. The largest absolute Gasteiger partial charge is 0.379 e. The number of ether oxygens (including phenoxy) is 3. The van der Waals surface area contributed by atoms with Crippen LogP contribution in [0.25, 0.3) is 0 Å². The molecule has 8 nitrogen and oxygen atoms in total. The lowest BCUT2D eigenvalue weighted by Crippen LogP contribution is -2.39. The van der Waals surface area contributed by atoms with Crippen molar-refractivity contribution in [2.24, 2.45) is 0 Å². The lowest BCUT2D eigenvalue weighted by Gasteiger charge is -2.08. The third-order valence-corrected chi connectivity index (χ3v) is 2.48. The van der Waals surface area contributed by atoms with E-state index in [0.29, 0.717) is 26.2 Å². The molecule has 0 aliphatic rings. The Labute approximate surface area is 133 Å². The number of nitrogens with one attached hydrogen (secondary N) is 2. The summed E-state index contributed by atoms with van der Waals surface area (Å²) in [4.78, 5) is 33.7. The SMILES string of the molecule is CCOCCOCC(=O)NCC(=O)NCCOCC(=O)CC.[HH].[HH]. The maximum atomic E-state index is 11.4. The summed E-state index contributed by atoms with van der Waals surface area (Å²) in [6.45, 7) is 5.38. The number of ketones is 1. The van der Waals surface area contributed by atoms with Crippen LogP contribution in [0.1, 0.15) is 23.1 Å². The Morgan fingerprint density at radius 2 is 1.55 bits per heavy atom. The molecule has 0 atom stereocenters. The standard InChI is InChI=1S/C14H26N2O6.2H2/c1-3-12(17)10-21-6-5-15-13(18)9-16-14(19)11-22-8-7-20-4-2;;/h3-11H2,1-2H3,(H,15,18)(H,16,19);2*1H. The fraction of sp³-hybridized carbons (Fsp3) is 0.786. The minimum atomic E-state index is -0.364. The van der Waals surface area contributed by atoms with Crippen LogP contribution in [0.2, 0.25) is 0 Å². The molecule has 0 radical (unpaired) electrons. The lowest BCUT2D eigenvalue weighted by molar-refractivity contribution is -0.129. The first kappa shape index (κ1) is 20.5. The summed E-state index contributed by atoms with van der Waals surface area (Å²) in [6.07, 6.45) is 0.436. The Kier molecular flexibility index (Phi) is 13.4. The molecule has 0 saturated heterocycles. The van der Waals surface area contributed by atoms with Crippen LogP contribution in [-0.4, -0.2) is 70.3 Å². The highest BCUT2D eigenvalue weighted by Gasteiger charge is 2.05. The second kappa shape index (κ2) is 14.4. The molecule has 0 fully saturated rings. The number of carbonyl (C=O) groups excluding carboxylic acids is 3. The quantitative estimate of drug-likeness (QED) is 0.428. The minimum absolute atomic E-state index is 0. The molecule has 0 spiro atoms. The lowest BCUT2D eigenvalue weighted by atomic mass is 10.3. The maximum Gasteiger partial charge on any atom is 0.246 e. The molecule has 0 bridgehead atoms. The second-order valence-corrected chi connectivity index (χ2v) is 4.32. The molecule has 0 aromatic rings. The van der Waals surface area contributed by atoms with Crippen LogP contribution in [0.15, 0.2) is 0 Å². The van der Waals surface area contributed by atoms with E-state index < -0.39 is 0 Å². The van der Waals surface area contributed by atoms with Crippen molar-refractivity contribution in [3.8, 4) is 0 Å². The average molecular weight is 322 g/mol. The predicted molar refractivity (Wildman–Crippen MR) is 83.7 cm³/mol. The van der Waals surface area contributed by atoms with Gasteiger partial charge in [-0.2, -0.15) is 0 Å². The molecular weight excluding hydrogens is 292 g/mol. The van der Waals surface area contributed by atoms with Crippen molar-refractivity contribution in [1.29, 1.82) is 0 Å². The Hall–Kier alpha value is -1.51. The number of rotatable bonds is 14. The molecule has 0 rings (SSSR count). The number of Topliss-reactive ketones (excluding diaryl/α,β-unsaturated/α-hetero) is 1. The van der Waals surface area contributed by atoms with Crippen LogP contribution >= 0.6 is 0 Å². The van der Waals surface area contributed by atoms with E-state index >= 15 is 0 Å². The first-order valence-corrected chi connectivity index (χ1v) is 7.38. The first-order chi connectivity index (χ1) is 10.6. The predicted octanol–water partition coefficient (Wildman–Crippen LogP) is -0.240. The van der Waals surface area contributed by atoms with Crippen molar-refractivity contribution < 1.29 is 31.4 Å². The molecule has 0 aliphatic heterocycles. The molecule has 0 aromatic heterocycles. The van der Waals surface area contributed by atoms with Gasteiger partial charge in [-0.05, 0) is 6.92 Å². The van der Waals surface area contributed by atoms with E-state index in [-0.39, 0.29) is 53.4 Å². The number of carbonyl (C=O) groups is 3. The van der Waals surface area contributed by atoms with Gasteiger partial charge in [0.25, 0.3) is 0 Å². The van der Waals surface area contributed by atoms with Crippen molar-refractivity contribution in [1.82, 2.24) is 10.6 Å². The van der Waals surface area contributed by atoms with Crippen LogP contribution < -0.4 is 10.6 Å². The van der Waals surface area contributed by atoms with E-state index in [0.717, 1.165) is 0 Å². The van der Waals surface area contributed by atoms with Crippen LogP contribution in [0.3, 0.4) is 0 Å². The minimum Gasteiger partial charge on any atom is -0.379 e. The molecule has 0 heterocycles. The highest BCUT2D eigenvalue weighted by Crippen LogP contribution is 1.82. The van der Waals surface area contributed by atoms with Crippen LogP contribution in [-0.2, 0) is 28.6 Å². The van der Waals surface area contributed by atoms with Gasteiger partial charge in [0.05, 0.1) is 26.4 Å². The summed E-state index contributed by atoms with van der Waals surface area (Å²) in [5.41, 5.74) is 0. The average Bonchev–Trinajstić information content (AvgIpc) is 2.52. The highest BCUT2D eigenvalue weighted by atomic mass is 16.5. The third-order valence-electron chi connectivity index (χ3n) is 2.48. The fourth-order valence-electron chi connectivity index (χ4n) is 1.27. The molecule has 2 N–H and O–H groups in total. The molecular formula is C14H30N2O6. The van der Waals surface area contributed by atoms with Gasteiger partial charge in [0, 0.05) is 22.4 Å². The van der Waals surface area contributed by atoms with Crippen LogP contribution in [0, 0.1) is 0 Å². The maximum absolute atomic E-state index is 11.4. The van der Waals surface area contributed by atoms with E-state index in [9.17, 15) is 14.4 Å². The van der Waals surface area contributed by atoms with E-state index in [1.165, 1.54) is 0 Å². The van der Waals surface area contributed by atoms with Crippen molar-refractivity contribution in [3.05, 3.63) is 0 Å². The van der Waals surface area contributed by atoms with Crippen LogP contribution in [0.4, 0.5) is 0 Å². The zero-order valence-corrected chi connectivity index (χ0v) is 13.3. The van der Waals surface area contributed by atoms with Gasteiger partial charge < -0.3 is 24.8 Å². The zero-order chi connectivity index (χ0) is 16.6. The monoisotopic (exact) mass is 322 g/mol. The highest BCUT2D eigenvalue weighted by molar-refractivity contribution is 5.85. The Morgan fingerprint density at radius 3 is 2.23 bits per heavy atom. The van der Waals surface area contributed by atoms with Crippen molar-refractivity contribution >= 4 is 17.6 Å². The molecule has 22 heavy (non-hydrogen) atoms. The summed E-state index contributed by atoms with van der Waals surface area (Å²) in [6, 6.07) is 0. The van der Waals surface area contributed by atoms with Crippen LogP contribution in [0.5, 0.6) is 0 Å². The molecule has 0 saturated carbocycles. The molecule has 2 amide bonds. The second-order valence-electron chi connectivity index (χ2n) is 4.32. The van der Waals surface area contributed by atoms with Crippen molar-refractivity contribution in [2.75, 3.05) is 52.7 Å². The van der Waals surface area contributed by atoms with Gasteiger partial charge in [-0.1, -0.05) is 6.92 Å². The van der Waals surface area contributed by atoms with Gasteiger partial charge in [0.2, 0.25) is 11.8 Å². The van der Waals surface area contributed by atoms with E-state index in [4.69, 9.17) is 14.2 Å². The van der Waals surface area contributed by atoms with E-state index in [2.05, 4.69) is 10.6 Å². The number of hydrogen-bond donors (Lipinski definition) is 2. The van der Waals surface area contributed by atoms with Gasteiger partial charge in [-0.15, -0.1) is 0 Å². The summed E-state index contributed by atoms with van der Waals surface area (Å²) in [5, 5.41) is 4.99. The van der Waals surface area contributed by atoms with Gasteiger partial charge in [-0.25, -0.2) is 0 Å². The first-order valence-electron chi connectivity index (χ1n) is 7.38. The summed E-state index contributed by atoms with van der Waals surface area (Å²) in [7, 11) is 0. The van der Waals surface area contributed by atoms with Gasteiger partial charge in [0.1, 0.15) is 13.2 Å². The molecule has 0 aromatic carbocycles. The molecule has 0 aliphatic carbocycles. The zero-order valence-electron chi connectivity index (χ0n) is 13.3. The number of hydrogen-bond acceptors (Lipinski definition) is 6. The Bertz CT molecular complexity index is 345. The molecule has 8 heteroatoms. The molecule has 132 valence electrons. The molecule has 0 unspecified atom stereocenters. The smallest absolute Gasteiger partial charge is 0.246 e. The van der Waals surface area contributed by atoms with Crippen molar-refractivity contribution in [3.63, 3.8) is 0 Å². The fourth-order valence-corrected chi connectivity index (χ4v) is 1.27. The van der Waals surface area contributed by atoms with Gasteiger partial charge in [0.15, 0.2) is 5.78 Å².